The highest BCUT2D eigenvalue weighted by molar-refractivity contribution is 5.97. The number of hydrogen-bond acceptors (Lipinski definition) is 3. The Morgan fingerprint density at radius 2 is 2.05 bits per heavy atom. The van der Waals surface area contributed by atoms with Gasteiger partial charge in [-0.1, -0.05) is 12.1 Å². The van der Waals surface area contributed by atoms with Gasteiger partial charge < -0.3 is 15.7 Å². The van der Waals surface area contributed by atoms with Crippen molar-refractivity contribution in [3.63, 3.8) is 0 Å². The molecule has 4 nitrogen and oxygen atoms in total. The molecule has 1 aliphatic heterocycles. The summed E-state index contributed by atoms with van der Waals surface area (Å²) >= 11 is 0. The smallest absolute Gasteiger partial charge is 0.257 e. The maximum Gasteiger partial charge on any atom is 0.257 e. The van der Waals surface area contributed by atoms with Crippen LogP contribution in [0.1, 0.15) is 35.7 Å². The Morgan fingerprint density at radius 3 is 2.63 bits per heavy atom. The van der Waals surface area contributed by atoms with E-state index in [0.29, 0.717) is 11.5 Å². The first kappa shape index (κ1) is 13.9. The fraction of sp³-hybridized carbons (Fsp3) is 0.533. The molecule has 19 heavy (non-hydrogen) atoms. The minimum absolute atomic E-state index is 0.0793. The lowest BCUT2D eigenvalue weighted by Gasteiger charge is -2.33. The van der Waals surface area contributed by atoms with Crippen LogP contribution in [0.5, 0.6) is 5.75 Å². The van der Waals surface area contributed by atoms with E-state index in [1.165, 1.54) is 0 Å². The van der Waals surface area contributed by atoms with Gasteiger partial charge in [0.05, 0.1) is 5.56 Å². The summed E-state index contributed by atoms with van der Waals surface area (Å²) in [6, 6.07) is 5.47. The molecule has 1 atom stereocenters. The SMILES string of the molecule is Cc1cccc(C(=O)N2CCC(C(C)N)CC2)c1O. The first-order chi connectivity index (χ1) is 9.00. The summed E-state index contributed by atoms with van der Waals surface area (Å²) in [4.78, 5) is 14.2. The summed E-state index contributed by atoms with van der Waals surface area (Å²) in [6.07, 6.45) is 1.88. The van der Waals surface area contributed by atoms with E-state index in [2.05, 4.69) is 0 Å². The van der Waals surface area contributed by atoms with Crippen molar-refractivity contribution in [1.82, 2.24) is 4.90 Å². The van der Waals surface area contributed by atoms with Crippen LogP contribution in [0.4, 0.5) is 0 Å². The Kier molecular flexibility index (Phi) is 4.10. The lowest BCUT2D eigenvalue weighted by molar-refractivity contribution is 0.0678. The summed E-state index contributed by atoms with van der Waals surface area (Å²) in [7, 11) is 0. The van der Waals surface area contributed by atoms with Crippen LogP contribution in [0.25, 0.3) is 0 Å². The van der Waals surface area contributed by atoms with Gasteiger partial charge in [0, 0.05) is 19.1 Å². The predicted octanol–water partition coefficient (Wildman–Crippen LogP) is 1.90. The number of phenolic OH excluding ortho intramolecular Hbond substituents is 1. The molecular formula is C15H22N2O2. The summed E-state index contributed by atoms with van der Waals surface area (Å²) in [6.45, 7) is 5.26. The molecule has 0 aromatic heterocycles. The number of carbonyl (C=O) groups is 1. The molecule has 4 heteroatoms. The number of nitrogens with two attached hydrogens (primary N) is 1. The molecule has 1 saturated heterocycles. The maximum atomic E-state index is 12.4. The molecule has 1 aromatic carbocycles. The average molecular weight is 262 g/mol. The minimum Gasteiger partial charge on any atom is -0.507 e. The summed E-state index contributed by atoms with van der Waals surface area (Å²) in [5, 5.41) is 9.97. The van der Waals surface area contributed by atoms with Crippen LogP contribution < -0.4 is 5.73 Å². The molecule has 1 aliphatic rings. The number of hydrogen-bond donors (Lipinski definition) is 2. The topological polar surface area (TPSA) is 66.6 Å². The summed E-state index contributed by atoms with van der Waals surface area (Å²) < 4.78 is 0. The van der Waals surface area contributed by atoms with Crippen LogP contribution in [0.15, 0.2) is 18.2 Å². The van der Waals surface area contributed by atoms with Crippen molar-refractivity contribution in [2.45, 2.75) is 32.7 Å². The van der Waals surface area contributed by atoms with Crippen LogP contribution in [-0.4, -0.2) is 35.0 Å². The third kappa shape index (κ3) is 2.89. The van der Waals surface area contributed by atoms with Gasteiger partial charge in [0.25, 0.3) is 5.91 Å². The zero-order chi connectivity index (χ0) is 14.0. The molecule has 0 aliphatic carbocycles. The van der Waals surface area contributed by atoms with Gasteiger partial charge >= 0.3 is 0 Å². The third-order valence-electron chi connectivity index (χ3n) is 4.04. The number of nitrogens with zero attached hydrogens (tertiary/aromatic N) is 1. The Hall–Kier alpha value is -1.55. The van der Waals surface area contributed by atoms with Crippen LogP contribution in [0.3, 0.4) is 0 Å². The zero-order valence-electron chi connectivity index (χ0n) is 11.6. The van der Waals surface area contributed by atoms with Crippen LogP contribution in [0.2, 0.25) is 0 Å². The van der Waals surface area contributed by atoms with Gasteiger partial charge in [0.2, 0.25) is 0 Å². The molecule has 0 radical (unpaired) electrons. The van der Waals surface area contributed by atoms with Crippen molar-refractivity contribution in [2.75, 3.05) is 13.1 Å². The largest absolute Gasteiger partial charge is 0.507 e. The van der Waals surface area contributed by atoms with Gasteiger partial charge in [-0.2, -0.15) is 0 Å². The number of benzene rings is 1. The Labute approximate surface area is 114 Å². The van der Waals surface area contributed by atoms with Gasteiger partial charge in [-0.3, -0.25) is 4.79 Å². The quantitative estimate of drug-likeness (QED) is 0.855. The van der Waals surface area contributed by atoms with E-state index in [-0.39, 0.29) is 17.7 Å². The second-order valence-electron chi connectivity index (χ2n) is 5.46. The molecule has 104 valence electrons. The van der Waals surface area contributed by atoms with Crippen LogP contribution in [0, 0.1) is 12.8 Å². The average Bonchev–Trinajstić information content (AvgIpc) is 2.41. The highest BCUT2D eigenvalue weighted by Crippen LogP contribution is 2.26. The first-order valence-electron chi connectivity index (χ1n) is 6.84. The minimum atomic E-state index is -0.0793. The fourth-order valence-electron chi connectivity index (χ4n) is 2.63. The van der Waals surface area contributed by atoms with Gasteiger partial charge in [0.1, 0.15) is 5.75 Å². The van der Waals surface area contributed by atoms with Crippen LogP contribution in [-0.2, 0) is 0 Å². The predicted molar refractivity (Wildman–Crippen MR) is 75.1 cm³/mol. The molecule has 2 rings (SSSR count). The van der Waals surface area contributed by atoms with E-state index < -0.39 is 0 Å². The molecule has 3 N–H and O–H groups in total. The lowest BCUT2D eigenvalue weighted by atomic mass is 9.90. The molecule has 1 heterocycles. The second-order valence-corrected chi connectivity index (χ2v) is 5.46. The highest BCUT2D eigenvalue weighted by atomic mass is 16.3. The second kappa shape index (κ2) is 5.61. The number of para-hydroxylation sites is 1. The zero-order valence-corrected chi connectivity index (χ0v) is 11.6. The number of piperidine rings is 1. The fourth-order valence-corrected chi connectivity index (χ4v) is 2.63. The van der Waals surface area contributed by atoms with Gasteiger partial charge in [0.15, 0.2) is 0 Å². The van der Waals surface area contributed by atoms with Crippen molar-refractivity contribution >= 4 is 5.91 Å². The van der Waals surface area contributed by atoms with Crippen molar-refractivity contribution in [3.8, 4) is 5.75 Å². The molecule has 1 unspecified atom stereocenters. The lowest BCUT2D eigenvalue weighted by Crippen LogP contribution is -2.42. The Morgan fingerprint density at radius 1 is 1.42 bits per heavy atom. The van der Waals surface area contributed by atoms with Gasteiger partial charge in [-0.05, 0) is 44.2 Å². The molecule has 1 amide bonds. The van der Waals surface area contributed by atoms with Gasteiger partial charge in [-0.25, -0.2) is 0 Å². The van der Waals surface area contributed by atoms with E-state index in [9.17, 15) is 9.90 Å². The number of rotatable bonds is 2. The molecule has 1 fully saturated rings. The van der Waals surface area contributed by atoms with E-state index in [4.69, 9.17) is 5.73 Å². The highest BCUT2D eigenvalue weighted by Gasteiger charge is 2.26. The summed E-state index contributed by atoms with van der Waals surface area (Å²) in [5.74, 6) is 0.515. The number of carbonyl (C=O) groups excluding carboxylic acids is 1. The van der Waals surface area contributed by atoms with Crippen molar-refractivity contribution < 1.29 is 9.90 Å². The monoisotopic (exact) mass is 262 g/mol. The Balaban J connectivity index is 2.07. The van der Waals surface area contributed by atoms with E-state index in [0.717, 1.165) is 31.5 Å². The number of aromatic hydroxyl groups is 1. The molecule has 1 aromatic rings. The normalized spacial score (nSPS) is 18.4. The number of amides is 1. The van der Waals surface area contributed by atoms with Crippen molar-refractivity contribution in [3.05, 3.63) is 29.3 Å². The van der Waals surface area contributed by atoms with Crippen LogP contribution >= 0.6 is 0 Å². The van der Waals surface area contributed by atoms with E-state index in [1.807, 2.05) is 11.8 Å². The van der Waals surface area contributed by atoms with E-state index >= 15 is 0 Å². The number of likely N-dealkylation sites (tertiary alicyclic amines) is 1. The Bertz CT molecular complexity index is 463. The van der Waals surface area contributed by atoms with E-state index in [1.54, 1.807) is 25.1 Å². The molecule has 0 spiro atoms. The van der Waals surface area contributed by atoms with Crippen molar-refractivity contribution in [1.29, 1.82) is 0 Å². The number of aryl methyl sites for hydroxylation is 1. The molecular weight excluding hydrogens is 240 g/mol. The van der Waals surface area contributed by atoms with Gasteiger partial charge in [-0.15, -0.1) is 0 Å². The molecule has 0 bridgehead atoms. The molecule has 0 saturated carbocycles. The maximum absolute atomic E-state index is 12.4. The number of phenols is 1. The summed E-state index contributed by atoms with van der Waals surface area (Å²) in [5.41, 5.74) is 7.04. The first-order valence-corrected chi connectivity index (χ1v) is 6.84. The third-order valence-corrected chi connectivity index (χ3v) is 4.04. The standard InChI is InChI=1S/C15H22N2O2/c1-10-4-3-5-13(14(10)18)15(19)17-8-6-12(7-9-17)11(2)16/h3-5,11-12,18H,6-9,16H2,1-2H3. The van der Waals surface area contributed by atoms with Crippen molar-refractivity contribution in [2.24, 2.45) is 11.7 Å².